The van der Waals surface area contributed by atoms with Crippen molar-refractivity contribution in [3.05, 3.63) is 63.4 Å². The van der Waals surface area contributed by atoms with E-state index < -0.39 is 61.6 Å². The molecule has 0 aliphatic carbocycles. The standard InChI is InChI=1S/C22H31ClN3O10P/c1-14(12-32-4)34-21(29)15(2)25-37(31,36-17-8-6-5-7-9-17)33-13-18(20(23)28)35-16(3)26-11-10-19(27)24-22(26)30/h5-11,14-16,18,20,28H,12-13H2,1-4H3,(H,25,31)(H,24,27,30)/t14?,15-,16+,18+,20+,37?/m0/s1. The molecule has 2 unspecified atom stereocenters. The van der Waals surface area contributed by atoms with Crippen LogP contribution in [-0.2, 0) is 28.1 Å². The fourth-order valence-electron chi connectivity index (χ4n) is 2.96. The molecule has 0 saturated carbocycles. The lowest BCUT2D eigenvalue weighted by Gasteiger charge is -2.27. The molecule has 0 radical (unpaired) electrons. The van der Waals surface area contributed by atoms with E-state index in [1.165, 1.54) is 39.3 Å². The van der Waals surface area contributed by atoms with Crippen LogP contribution in [0.5, 0.6) is 5.75 Å². The third kappa shape index (κ3) is 10.0. The topological polar surface area (TPSA) is 167 Å². The second-order valence-corrected chi connectivity index (χ2v) is 10.1. The summed E-state index contributed by atoms with van der Waals surface area (Å²) in [5.74, 6) is -0.565. The van der Waals surface area contributed by atoms with Crippen LogP contribution in [0.4, 0.5) is 0 Å². The van der Waals surface area contributed by atoms with Crippen molar-refractivity contribution in [1.82, 2.24) is 14.6 Å². The average Bonchev–Trinajstić information content (AvgIpc) is 2.82. The van der Waals surface area contributed by atoms with Gasteiger partial charge in [-0.25, -0.2) is 9.36 Å². The number of methoxy groups -OCH3 is 1. The first kappa shape index (κ1) is 30.7. The van der Waals surface area contributed by atoms with Crippen LogP contribution in [0, 0.1) is 0 Å². The molecular weight excluding hydrogens is 533 g/mol. The number of nitrogens with one attached hydrogen (secondary N) is 2. The number of halogens is 1. The number of alkyl halides is 1. The van der Waals surface area contributed by atoms with E-state index in [1.54, 1.807) is 25.1 Å². The lowest BCUT2D eigenvalue weighted by atomic mass is 10.3. The molecular formula is C22H31ClN3O10P. The Morgan fingerprint density at radius 1 is 1.16 bits per heavy atom. The third-order valence-electron chi connectivity index (χ3n) is 4.72. The van der Waals surface area contributed by atoms with Crippen LogP contribution in [0.25, 0.3) is 0 Å². The maximum atomic E-state index is 13.6. The van der Waals surface area contributed by atoms with Crippen molar-refractivity contribution < 1.29 is 37.7 Å². The highest BCUT2D eigenvalue weighted by molar-refractivity contribution is 7.52. The Balaban J connectivity index is 2.17. The number of esters is 1. The van der Waals surface area contributed by atoms with Crippen LogP contribution in [0.1, 0.15) is 27.0 Å². The highest BCUT2D eigenvalue weighted by Gasteiger charge is 2.35. The van der Waals surface area contributed by atoms with E-state index in [9.17, 15) is 24.1 Å². The van der Waals surface area contributed by atoms with Gasteiger partial charge in [0.1, 0.15) is 30.2 Å². The van der Waals surface area contributed by atoms with Crippen LogP contribution < -0.4 is 20.9 Å². The van der Waals surface area contributed by atoms with Gasteiger partial charge in [-0.15, -0.1) is 0 Å². The summed E-state index contributed by atoms with van der Waals surface area (Å²) >= 11 is 5.84. The SMILES string of the molecule is COCC(C)OC(=O)[C@H](C)NP(=O)(OC[C@@H](O[C@H](C)n1ccc(=O)[nH]c1=O)[C@@H](O)Cl)Oc1ccccc1. The molecule has 0 bridgehead atoms. The summed E-state index contributed by atoms with van der Waals surface area (Å²) in [6, 6.07) is 8.03. The Kier molecular flexibility index (Phi) is 12.0. The fourth-order valence-corrected chi connectivity index (χ4v) is 4.59. The van der Waals surface area contributed by atoms with Crippen molar-refractivity contribution in [3.8, 4) is 5.75 Å². The first-order valence-corrected chi connectivity index (χ1v) is 13.2. The summed E-state index contributed by atoms with van der Waals surface area (Å²) in [5, 5.41) is 12.5. The normalized spacial score (nSPS) is 17.1. The van der Waals surface area contributed by atoms with Gasteiger partial charge in [-0.2, -0.15) is 5.09 Å². The summed E-state index contributed by atoms with van der Waals surface area (Å²) in [5.41, 5.74) is -3.00. The number of carbonyl (C=O) groups excluding carboxylic acids is 1. The van der Waals surface area contributed by atoms with Crippen molar-refractivity contribution in [2.24, 2.45) is 0 Å². The molecule has 0 fully saturated rings. The summed E-state index contributed by atoms with van der Waals surface area (Å²) in [6.45, 7) is 4.08. The molecule has 1 heterocycles. The second kappa shape index (κ2) is 14.4. The molecule has 0 saturated heterocycles. The molecule has 15 heteroatoms. The maximum Gasteiger partial charge on any atom is 0.459 e. The fraction of sp³-hybridized carbons (Fsp3) is 0.500. The van der Waals surface area contributed by atoms with E-state index in [0.29, 0.717) is 0 Å². The maximum absolute atomic E-state index is 13.6. The van der Waals surface area contributed by atoms with Gasteiger partial charge >= 0.3 is 19.4 Å². The number of H-pyrrole nitrogens is 1. The lowest BCUT2D eigenvalue weighted by Crippen LogP contribution is -2.39. The number of aliphatic hydroxyl groups is 1. The molecule has 0 aliphatic rings. The number of carbonyl (C=O) groups is 1. The zero-order chi connectivity index (χ0) is 27.6. The van der Waals surface area contributed by atoms with Gasteiger partial charge in [-0.3, -0.25) is 23.7 Å². The van der Waals surface area contributed by atoms with Crippen LogP contribution in [0.15, 0.2) is 52.2 Å². The molecule has 206 valence electrons. The van der Waals surface area contributed by atoms with Gasteiger partial charge in [0.2, 0.25) is 0 Å². The summed E-state index contributed by atoms with van der Waals surface area (Å²) in [6.07, 6.45) is -1.68. The number of ether oxygens (including phenoxy) is 3. The summed E-state index contributed by atoms with van der Waals surface area (Å²) < 4.78 is 41.5. The van der Waals surface area contributed by atoms with Crippen molar-refractivity contribution >= 4 is 25.3 Å². The Hall–Kier alpha value is -2.51. The van der Waals surface area contributed by atoms with Gasteiger partial charge < -0.3 is 23.8 Å². The highest BCUT2D eigenvalue weighted by atomic mass is 35.5. The molecule has 3 N–H and O–H groups in total. The van der Waals surface area contributed by atoms with Gasteiger partial charge in [0, 0.05) is 19.4 Å². The summed E-state index contributed by atoms with van der Waals surface area (Å²) in [7, 11) is -2.82. The number of hydrogen-bond donors (Lipinski definition) is 3. The first-order chi connectivity index (χ1) is 17.4. The van der Waals surface area contributed by atoms with Crippen molar-refractivity contribution in [2.45, 2.75) is 50.8 Å². The predicted molar refractivity (Wildman–Crippen MR) is 133 cm³/mol. The Bertz CT molecular complexity index is 1160. The number of aromatic nitrogens is 2. The Morgan fingerprint density at radius 3 is 2.43 bits per heavy atom. The van der Waals surface area contributed by atoms with Crippen molar-refractivity contribution in [1.29, 1.82) is 0 Å². The van der Waals surface area contributed by atoms with Crippen molar-refractivity contribution in [3.63, 3.8) is 0 Å². The quantitative estimate of drug-likeness (QED) is 0.164. The lowest BCUT2D eigenvalue weighted by molar-refractivity contribution is -0.152. The third-order valence-corrected chi connectivity index (χ3v) is 6.65. The van der Waals surface area contributed by atoms with E-state index >= 15 is 0 Å². The Morgan fingerprint density at radius 2 is 1.84 bits per heavy atom. The van der Waals surface area contributed by atoms with Gasteiger partial charge in [-0.1, -0.05) is 29.8 Å². The molecule has 0 spiro atoms. The largest absolute Gasteiger partial charge is 0.459 e. The number of para-hydroxylation sites is 1. The van der Waals surface area contributed by atoms with Gasteiger partial charge in [0.25, 0.3) is 5.56 Å². The first-order valence-electron chi connectivity index (χ1n) is 11.2. The molecule has 1 aromatic heterocycles. The van der Waals surface area contributed by atoms with Crippen LogP contribution in [-0.4, -0.2) is 64.8 Å². The molecule has 2 aromatic rings. The minimum Gasteiger partial charge on any atom is -0.459 e. The van der Waals surface area contributed by atoms with Gasteiger partial charge in [0.05, 0.1) is 13.2 Å². The Labute approximate surface area is 218 Å². The van der Waals surface area contributed by atoms with E-state index in [0.717, 1.165) is 10.6 Å². The predicted octanol–water partition coefficient (Wildman–Crippen LogP) is 1.76. The zero-order valence-corrected chi connectivity index (χ0v) is 22.4. The van der Waals surface area contributed by atoms with Crippen molar-refractivity contribution in [2.75, 3.05) is 20.3 Å². The van der Waals surface area contributed by atoms with Gasteiger partial charge in [0.15, 0.2) is 5.56 Å². The van der Waals surface area contributed by atoms with E-state index in [-0.39, 0.29) is 12.4 Å². The average molecular weight is 564 g/mol. The molecule has 0 amide bonds. The van der Waals surface area contributed by atoms with Crippen LogP contribution >= 0.6 is 19.3 Å². The smallest absolute Gasteiger partial charge is 0.459 e. The molecule has 6 atom stereocenters. The molecule has 2 rings (SSSR count). The second-order valence-electron chi connectivity index (χ2n) is 7.92. The molecule has 13 nitrogen and oxygen atoms in total. The van der Waals surface area contributed by atoms with E-state index in [1.807, 2.05) is 0 Å². The minimum absolute atomic E-state index is 0.163. The number of hydrogen-bond acceptors (Lipinski definition) is 10. The minimum atomic E-state index is -4.28. The van der Waals surface area contributed by atoms with E-state index in [2.05, 4.69) is 10.1 Å². The monoisotopic (exact) mass is 563 g/mol. The van der Waals surface area contributed by atoms with Crippen LogP contribution in [0.2, 0.25) is 0 Å². The number of aliphatic hydroxyl groups excluding tert-OH is 1. The molecule has 37 heavy (non-hydrogen) atoms. The van der Waals surface area contributed by atoms with E-state index in [4.69, 9.17) is 34.9 Å². The zero-order valence-electron chi connectivity index (χ0n) is 20.7. The summed E-state index contributed by atoms with van der Waals surface area (Å²) in [4.78, 5) is 37.9. The molecule has 0 aliphatic heterocycles. The highest BCUT2D eigenvalue weighted by Crippen LogP contribution is 2.45. The number of aromatic amines is 1. The molecule has 1 aromatic carbocycles. The number of rotatable bonds is 15. The van der Waals surface area contributed by atoms with Gasteiger partial charge in [-0.05, 0) is 32.9 Å². The number of nitrogens with zero attached hydrogens (tertiary/aromatic N) is 1. The van der Waals surface area contributed by atoms with Crippen LogP contribution in [0.3, 0.4) is 0 Å². The number of benzene rings is 1.